The topological polar surface area (TPSA) is 116 Å². The van der Waals surface area contributed by atoms with Crippen LogP contribution in [-0.4, -0.2) is 55.0 Å². The maximum Gasteiger partial charge on any atom is 0.264 e. The first-order valence-electron chi connectivity index (χ1n) is 10.1. The minimum atomic E-state index is -3.79. The summed E-state index contributed by atoms with van der Waals surface area (Å²) in [7, 11) is -3.79. The third-order valence-corrected chi connectivity index (χ3v) is 7.39. The smallest absolute Gasteiger partial charge is 0.264 e. The summed E-state index contributed by atoms with van der Waals surface area (Å²) in [6.45, 7) is 3.65. The van der Waals surface area contributed by atoms with Crippen molar-refractivity contribution in [3.8, 4) is 11.8 Å². The molecule has 1 aromatic heterocycles. The van der Waals surface area contributed by atoms with Crippen LogP contribution in [0.25, 0.3) is 0 Å². The molecule has 1 N–H and O–H groups in total. The SMILES string of the molecule is CC#Cc1ccc(C2=NOC(CC(C)(C(=O)NOC3CCCCO3)S(C)(=O)=O)C2)nc1. The first-order valence-corrected chi connectivity index (χ1v) is 12.0. The number of amides is 1. The van der Waals surface area contributed by atoms with E-state index in [4.69, 9.17) is 14.4 Å². The average Bonchev–Trinajstić information content (AvgIpc) is 3.21. The molecule has 10 heteroatoms. The van der Waals surface area contributed by atoms with Crippen molar-refractivity contribution in [2.45, 2.75) is 63.1 Å². The van der Waals surface area contributed by atoms with Crippen molar-refractivity contribution in [3.05, 3.63) is 29.6 Å². The summed E-state index contributed by atoms with van der Waals surface area (Å²) in [4.78, 5) is 27.9. The Morgan fingerprint density at radius 2 is 2.19 bits per heavy atom. The molecule has 0 saturated carbocycles. The third kappa shape index (κ3) is 5.61. The Morgan fingerprint density at radius 1 is 1.39 bits per heavy atom. The number of sulfone groups is 1. The fourth-order valence-electron chi connectivity index (χ4n) is 3.35. The van der Waals surface area contributed by atoms with Crippen LogP contribution in [0.15, 0.2) is 23.5 Å². The van der Waals surface area contributed by atoms with Gasteiger partial charge in [0.05, 0.1) is 5.69 Å². The van der Waals surface area contributed by atoms with Crippen molar-refractivity contribution in [3.63, 3.8) is 0 Å². The Bertz CT molecular complexity index is 990. The summed E-state index contributed by atoms with van der Waals surface area (Å²) in [5.74, 6) is 4.96. The van der Waals surface area contributed by atoms with E-state index in [2.05, 4.69) is 27.5 Å². The number of carbonyl (C=O) groups is 1. The highest BCUT2D eigenvalue weighted by Crippen LogP contribution is 2.29. The van der Waals surface area contributed by atoms with Crippen molar-refractivity contribution in [2.75, 3.05) is 12.9 Å². The standard InChI is InChI=1S/C21H27N3O6S/c1-4-7-15-9-10-17(22-14-15)18-12-16(29-23-18)13-21(2,31(3,26)27)20(25)24-30-19-8-5-6-11-28-19/h9-10,14,16,19H,5-6,8,11-13H2,1-3H3,(H,24,25). The van der Waals surface area contributed by atoms with Gasteiger partial charge in [0.2, 0.25) is 0 Å². The van der Waals surface area contributed by atoms with Gasteiger partial charge in [0, 0.05) is 43.9 Å². The van der Waals surface area contributed by atoms with Crippen LogP contribution >= 0.6 is 0 Å². The van der Waals surface area contributed by atoms with Crippen molar-refractivity contribution >= 4 is 21.5 Å². The largest absolute Gasteiger partial charge is 0.392 e. The number of nitrogens with one attached hydrogen (secondary N) is 1. The Hall–Kier alpha value is -2.48. The maximum atomic E-state index is 12.8. The van der Waals surface area contributed by atoms with Gasteiger partial charge in [-0.15, -0.1) is 5.92 Å². The zero-order chi connectivity index (χ0) is 22.5. The molecule has 2 aliphatic rings. The van der Waals surface area contributed by atoms with E-state index in [0.717, 1.165) is 24.7 Å². The van der Waals surface area contributed by atoms with Gasteiger partial charge in [-0.05, 0) is 38.8 Å². The Morgan fingerprint density at radius 3 is 2.81 bits per heavy atom. The highest BCUT2D eigenvalue weighted by atomic mass is 32.2. The zero-order valence-corrected chi connectivity index (χ0v) is 18.7. The van der Waals surface area contributed by atoms with Gasteiger partial charge in [-0.25, -0.2) is 18.7 Å². The second-order valence-corrected chi connectivity index (χ2v) is 10.3. The molecule has 3 rings (SSSR count). The molecule has 0 radical (unpaired) electrons. The minimum absolute atomic E-state index is 0.0844. The number of aromatic nitrogens is 1. The summed E-state index contributed by atoms with van der Waals surface area (Å²) in [5, 5.41) is 4.05. The number of ether oxygens (including phenoxy) is 1. The van der Waals surface area contributed by atoms with E-state index in [-0.39, 0.29) is 6.42 Å². The molecule has 0 aliphatic carbocycles. The number of carbonyl (C=O) groups excluding carboxylic acids is 1. The number of rotatable bonds is 7. The fourth-order valence-corrected chi connectivity index (χ4v) is 4.22. The van der Waals surface area contributed by atoms with E-state index in [1.165, 1.54) is 6.92 Å². The van der Waals surface area contributed by atoms with Crippen LogP contribution < -0.4 is 5.48 Å². The lowest BCUT2D eigenvalue weighted by Gasteiger charge is -2.29. The van der Waals surface area contributed by atoms with Crippen molar-refractivity contribution < 1.29 is 27.6 Å². The van der Waals surface area contributed by atoms with Crippen LogP contribution in [0.2, 0.25) is 0 Å². The Kier molecular flexibility index (Phi) is 7.30. The fraction of sp³-hybridized carbons (Fsp3) is 0.571. The number of pyridine rings is 1. The monoisotopic (exact) mass is 449 g/mol. The number of hydrogen-bond acceptors (Lipinski definition) is 8. The predicted molar refractivity (Wildman–Crippen MR) is 114 cm³/mol. The average molecular weight is 450 g/mol. The lowest BCUT2D eigenvalue weighted by molar-refractivity contribution is -0.201. The van der Waals surface area contributed by atoms with Gasteiger partial charge in [0.25, 0.3) is 5.91 Å². The van der Waals surface area contributed by atoms with Gasteiger partial charge in [0.1, 0.15) is 11.8 Å². The molecule has 0 spiro atoms. The van der Waals surface area contributed by atoms with E-state index < -0.39 is 32.9 Å². The molecule has 31 heavy (non-hydrogen) atoms. The summed E-state index contributed by atoms with van der Waals surface area (Å²) >= 11 is 0. The lowest BCUT2D eigenvalue weighted by Crippen LogP contribution is -2.52. The van der Waals surface area contributed by atoms with Crippen molar-refractivity contribution in [1.29, 1.82) is 0 Å². The first-order chi connectivity index (χ1) is 14.7. The number of nitrogens with zero attached hydrogens (tertiary/aromatic N) is 2. The molecular formula is C21H27N3O6S. The molecular weight excluding hydrogens is 422 g/mol. The number of oxime groups is 1. The van der Waals surface area contributed by atoms with Gasteiger partial charge in [-0.3, -0.25) is 9.78 Å². The van der Waals surface area contributed by atoms with Crippen LogP contribution in [0, 0.1) is 11.8 Å². The lowest BCUT2D eigenvalue weighted by atomic mass is 9.98. The molecule has 1 amide bonds. The normalized spacial score (nSPS) is 23.0. The first kappa shape index (κ1) is 23.2. The molecule has 1 fully saturated rings. The van der Waals surface area contributed by atoms with Gasteiger partial charge in [-0.2, -0.15) is 0 Å². The molecule has 0 bridgehead atoms. The molecule has 9 nitrogen and oxygen atoms in total. The van der Waals surface area contributed by atoms with E-state index >= 15 is 0 Å². The van der Waals surface area contributed by atoms with Gasteiger partial charge in [0.15, 0.2) is 20.9 Å². The van der Waals surface area contributed by atoms with Gasteiger partial charge < -0.3 is 9.57 Å². The summed E-state index contributed by atoms with van der Waals surface area (Å²) in [6.07, 6.45) is 4.22. The number of hydrogen-bond donors (Lipinski definition) is 1. The molecule has 3 unspecified atom stereocenters. The van der Waals surface area contributed by atoms with Crippen LogP contribution in [0.1, 0.15) is 57.2 Å². The van der Waals surface area contributed by atoms with Crippen molar-refractivity contribution in [2.24, 2.45) is 5.16 Å². The third-order valence-electron chi connectivity index (χ3n) is 5.40. The van der Waals surface area contributed by atoms with Crippen LogP contribution in [0.5, 0.6) is 0 Å². The molecule has 1 saturated heterocycles. The maximum absolute atomic E-state index is 12.8. The van der Waals surface area contributed by atoms with Crippen LogP contribution in [-0.2, 0) is 29.0 Å². The van der Waals surface area contributed by atoms with Crippen LogP contribution in [0.3, 0.4) is 0 Å². The predicted octanol–water partition coefficient (Wildman–Crippen LogP) is 1.71. The summed E-state index contributed by atoms with van der Waals surface area (Å²) in [6, 6.07) is 3.61. The minimum Gasteiger partial charge on any atom is -0.392 e. The van der Waals surface area contributed by atoms with E-state index in [0.29, 0.717) is 30.9 Å². The van der Waals surface area contributed by atoms with Crippen molar-refractivity contribution in [1.82, 2.24) is 10.5 Å². The highest BCUT2D eigenvalue weighted by Gasteiger charge is 2.47. The van der Waals surface area contributed by atoms with E-state index in [1.54, 1.807) is 19.2 Å². The molecule has 3 atom stereocenters. The quantitative estimate of drug-likeness (QED) is 0.498. The Labute approximate surface area is 182 Å². The van der Waals surface area contributed by atoms with Gasteiger partial charge >= 0.3 is 0 Å². The highest BCUT2D eigenvalue weighted by molar-refractivity contribution is 7.92. The van der Waals surface area contributed by atoms with Crippen LogP contribution in [0.4, 0.5) is 0 Å². The zero-order valence-electron chi connectivity index (χ0n) is 17.9. The second-order valence-electron chi connectivity index (χ2n) is 7.83. The van der Waals surface area contributed by atoms with Gasteiger partial charge in [-0.1, -0.05) is 11.1 Å². The summed E-state index contributed by atoms with van der Waals surface area (Å²) in [5.41, 5.74) is 4.26. The van der Waals surface area contributed by atoms with E-state index in [1.807, 2.05) is 6.07 Å². The molecule has 0 aromatic carbocycles. The molecule has 168 valence electrons. The second kappa shape index (κ2) is 9.77. The van der Waals surface area contributed by atoms with E-state index in [9.17, 15) is 13.2 Å². The summed E-state index contributed by atoms with van der Waals surface area (Å²) < 4.78 is 28.7. The molecule has 1 aromatic rings. The number of hydroxylamine groups is 1. The molecule has 2 aliphatic heterocycles. The molecule has 3 heterocycles. The Balaban J connectivity index is 1.64.